The van der Waals surface area contributed by atoms with E-state index in [-0.39, 0.29) is 5.78 Å². The lowest BCUT2D eigenvalue weighted by molar-refractivity contribution is 0.0942. The normalized spacial score (nSPS) is 14.9. The lowest BCUT2D eigenvalue weighted by Crippen LogP contribution is -2.39. The summed E-state index contributed by atoms with van der Waals surface area (Å²) < 4.78 is 0. The minimum absolute atomic E-state index is 0.00444. The van der Waals surface area contributed by atoms with Crippen LogP contribution in [0.5, 0.6) is 0 Å². The number of hydrogen-bond donors (Lipinski definition) is 3. The quantitative estimate of drug-likeness (QED) is 0.298. The molecule has 3 heterocycles. The van der Waals surface area contributed by atoms with Crippen molar-refractivity contribution in [1.29, 1.82) is 0 Å². The molecule has 6 heteroatoms. The van der Waals surface area contributed by atoms with Crippen LogP contribution in [0.1, 0.15) is 21.5 Å². The third kappa shape index (κ3) is 2.26. The molecule has 0 atom stereocenters. The SMILES string of the molecule is O=C1c2ccccc2NC1(c1c[nH]c2cc(Cl)ccc12)c1c[nH]c2cc(Cl)ccc12. The highest BCUT2D eigenvalue weighted by Crippen LogP contribution is 2.48. The highest BCUT2D eigenvalue weighted by Gasteiger charge is 2.50. The number of ketones is 1. The summed E-state index contributed by atoms with van der Waals surface area (Å²) in [6.07, 6.45) is 3.79. The molecule has 146 valence electrons. The van der Waals surface area contributed by atoms with Crippen LogP contribution in [0.25, 0.3) is 21.8 Å². The van der Waals surface area contributed by atoms with Crippen molar-refractivity contribution in [2.24, 2.45) is 0 Å². The fourth-order valence-corrected chi connectivity index (χ4v) is 4.94. The number of halogens is 2. The molecule has 1 aliphatic heterocycles. The van der Waals surface area contributed by atoms with Gasteiger partial charge in [-0.3, -0.25) is 4.79 Å². The lowest BCUT2D eigenvalue weighted by atomic mass is 9.79. The summed E-state index contributed by atoms with van der Waals surface area (Å²) in [6, 6.07) is 19.0. The smallest absolute Gasteiger partial charge is 0.199 e. The molecule has 0 aliphatic carbocycles. The molecule has 0 spiro atoms. The second kappa shape index (κ2) is 6.14. The molecule has 0 unspecified atom stereocenters. The Bertz CT molecular complexity index is 1400. The van der Waals surface area contributed by atoms with Gasteiger partial charge in [0.1, 0.15) is 0 Å². The number of carbonyl (C=O) groups is 1. The fraction of sp³-hybridized carbons (Fsp3) is 0.0417. The second-order valence-corrected chi connectivity index (χ2v) is 8.41. The monoisotopic (exact) mass is 431 g/mol. The number of aromatic nitrogens is 2. The van der Waals surface area contributed by atoms with E-state index in [9.17, 15) is 4.79 Å². The first-order valence-corrected chi connectivity index (χ1v) is 10.3. The van der Waals surface area contributed by atoms with Crippen LogP contribution in [0.4, 0.5) is 5.69 Å². The van der Waals surface area contributed by atoms with Crippen molar-refractivity contribution < 1.29 is 4.79 Å². The Labute approximate surface area is 181 Å². The molecule has 0 saturated carbocycles. The van der Waals surface area contributed by atoms with Crippen molar-refractivity contribution in [2.45, 2.75) is 5.54 Å². The maximum absolute atomic E-state index is 14.0. The lowest BCUT2D eigenvalue weighted by Gasteiger charge is -2.28. The predicted molar refractivity (Wildman–Crippen MR) is 122 cm³/mol. The first-order valence-electron chi connectivity index (χ1n) is 9.54. The van der Waals surface area contributed by atoms with E-state index in [2.05, 4.69) is 15.3 Å². The van der Waals surface area contributed by atoms with E-state index in [1.807, 2.05) is 73.1 Å². The summed E-state index contributed by atoms with van der Waals surface area (Å²) >= 11 is 12.4. The van der Waals surface area contributed by atoms with Gasteiger partial charge in [-0.1, -0.05) is 47.5 Å². The molecule has 0 radical (unpaired) electrons. The number of aromatic amines is 2. The maximum atomic E-state index is 14.0. The molecule has 2 aromatic heterocycles. The molecule has 3 N–H and O–H groups in total. The predicted octanol–water partition coefficient (Wildman–Crippen LogP) is 6.51. The Morgan fingerprint density at radius 2 is 1.30 bits per heavy atom. The summed E-state index contributed by atoms with van der Waals surface area (Å²) in [5, 5.41) is 6.72. The van der Waals surface area contributed by atoms with Crippen LogP contribution in [-0.2, 0) is 5.54 Å². The van der Waals surface area contributed by atoms with Crippen molar-refractivity contribution in [3.8, 4) is 0 Å². The summed E-state index contributed by atoms with van der Waals surface area (Å²) in [5.74, 6) is 0.00444. The first kappa shape index (κ1) is 17.6. The Morgan fingerprint density at radius 1 is 0.733 bits per heavy atom. The third-order valence-corrected chi connectivity index (χ3v) is 6.40. The van der Waals surface area contributed by atoms with E-state index in [0.717, 1.165) is 38.6 Å². The van der Waals surface area contributed by atoms with Gasteiger partial charge in [0.2, 0.25) is 0 Å². The van der Waals surface area contributed by atoms with Crippen LogP contribution in [0.2, 0.25) is 10.0 Å². The van der Waals surface area contributed by atoms with E-state index in [1.165, 1.54) is 0 Å². The molecular weight excluding hydrogens is 417 g/mol. The van der Waals surface area contributed by atoms with Gasteiger partial charge in [0.15, 0.2) is 11.3 Å². The average molecular weight is 432 g/mol. The highest BCUT2D eigenvalue weighted by molar-refractivity contribution is 6.31. The number of H-pyrrole nitrogens is 2. The molecule has 0 fully saturated rings. The minimum Gasteiger partial charge on any atom is -0.365 e. The van der Waals surface area contributed by atoms with E-state index < -0.39 is 5.54 Å². The zero-order chi connectivity index (χ0) is 20.5. The molecule has 3 aromatic carbocycles. The number of para-hydroxylation sites is 1. The minimum atomic E-state index is -1.08. The van der Waals surface area contributed by atoms with Crippen molar-refractivity contribution >= 4 is 56.5 Å². The van der Waals surface area contributed by atoms with Gasteiger partial charge < -0.3 is 15.3 Å². The number of rotatable bonds is 2. The largest absolute Gasteiger partial charge is 0.365 e. The van der Waals surface area contributed by atoms with Gasteiger partial charge in [-0.25, -0.2) is 0 Å². The summed E-state index contributed by atoms with van der Waals surface area (Å²) in [7, 11) is 0. The number of nitrogens with one attached hydrogen (secondary N) is 3. The van der Waals surface area contributed by atoms with E-state index >= 15 is 0 Å². The Kier molecular flexibility index (Phi) is 3.61. The van der Waals surface area contributed by atoms with Gasteiger partial charge in [0.25, 0.3) is 0 Å². The van der Waals surface area contributed by atoms with Crippen LogP contribution in [0.15, 0.2) is 73.1 Å². The molecule has 0 amide bonds. The fourth-order valence-electron chi connectivity index (χ4n) is 4.59. The Hall–Kier alpha value is -3.21. The van der Waals surface area contributed by atoms with Crippen LogP contribution in [0, 0.1) is 0 Å². The Balaban J connectivity index is 1.71. The van der Waals surface area contributed by atoms with E-state index in [0.29, 0.717) is 15.6 Å². The number of carbonyl (C=O) groups excluding carboxylic acids is 1. The van der Waals surface area contributed by atoms with Crippen LogP contribution in [-0.4, -0.2) is 15.8 Å². The standard InChI is InChI=1S/C24H15Cl2N3O/c25-13-5-7-15-18(11-27-21(15)9-13)24(23(30)17-3-1-2-4-20(17)29-24)19-12-28-22-10-14(26)6-8-16(19)22/h1-12,27-29H. The molecule has 6 rings (SSSR count). The third-order valence-electron chi connectivity index (χ3n) is 5.93. The number of hydrogen-bond acceptors (Lipinski definition) is 2. The molecule has 0 saturated heterocycles. The number of fused-ring (bicyclic) bond motifs is 3. The molecule has 30 heavy (non-hydrogen) atoms. The molecule has 1 aliphatic rings. The van der Waals surface area contributed by atoms with Gasteiger partial charge in [-0.2, -0.15) is 0 Å². The van der Waals surface area contributed by atoms with Crippen LogP contribution in [0.3, 0.4) is 0 Å². The van der Waals surface area contributed by atoms with Gasteiger partial charge in [-0.05, 0) is 36.4 Å². The number of Topliss-reactive ketones (excluding diaryl/α,β-unsaturated/α-hetero) is 1. The zero-order valence-corrected chi connectivity index (χ0v) is 17.1. The molecule has 0 bridgehead atoms. The van der Waals surface area contributed by atoms with Gasteiger partial charge in [0.05, 0.1) is 0 Å². The maximum Gasteiger partial charge on any atom is 0.199 e. The summed E-state index contributed by atoms with van der Waals surface area (Å²) in [4.78, 5) is 20.6. The van der Waals surface area contributed by atoms with Gasteiger partial charge >= 0.3 is 0 Å². The van der Waals surface area contributed by atoms with Crippen molar-refractivity contribution in [3.63, 3.8) is 0 Å². The average Bonchev–Trinajstić information content (AvgIpc) is 3.42. The zero-order valence-electron chi connectivity index (χ0n) is 15.6. The Morgan fingerprint density at radius 3 is 1.87 bits per heavy atom. The van der Waals surface area contributed by atoms with Gasteiger partial charge in [0, 0.05) is 66.6 Å². The van der Waals surface area contributed by atoms with E-state index in [1.54, 1.807) is 0 Å². The van der Waals surface area contributed by atoms with Crippen LogP contribution >= 0.6 is 23.2 Å². The van der Waals surface area contributed by atoms with Crippen molar-refractivity contribution in [1.82, 2.24) is 9.97 Å². The van der Waals surface area contributed by atoms with E-state index in [4.69, 9.17) is 23.2 Å². The summed E-state index contributed by atoms with van der Waals surface area (Å²) in [6.45, 7) is 0. The molecule has 5 aromatic rings. The highest BCUT2D eigenvalue weighted by atomic mass is 35.5. The second-order valence-electron chi connectivity index (χ2n) is 7.53. The molecule has 4 nitrogen and oxygen atoms in total. The molecular formula is C24H15Cl2N3O. The first-order chi connectivity index (χ1) is 14.6. The number of anilines is 1. The van der Waals surface area contributed by atoms with Crippen molar-refractivity contribution in [2.75, 3.05) is 5.32 Å². The van der Waals surface area contributed by atoms with Gasteiger partial charge in [-0.15, -0.1) is 0 Å². The number of benzene rings is 3. The van der Waals surface area contributed by atoms with Crippen molar-refractivity contribution in [3.05, 3.63) is 99.8 Å². The topological polar surface area (TPSA) is 60.7 Å². The summed E-state index contributed by atoms with van der Waals surface area (Å²) in [5.41, 5.74) is 3.87. The van der Waals surface area contributed by atoms with Crippen LogP contribution < -0.4 is 5.32 Å².